The highest BCUT2D eigenvalue weighted by Gasteiger charge is 2.50. The van der Waals surface area contributed by atoms with Crippen LogP contribution in [0.4, 0.5) is 10.3 Å². The molecule has 0 N–H and O–H groups in total. The average molecular weight is 432 g/mol. The number of halogens is 1. The molecule has 1 aliphatic heterocycles. The Morgan fingerprint density at radius 1 is 1.25 bits per heavy atom. The van der Waals surface area contributed by atoms with Crippen molar-refractivity contribution in [2.45, 2.75) is 32.1 Å². The van der Waals surface area contributed by atoms with Crippen molar-refractivity contribution >= 4 is 11.7 Å². The Balaban J connectivity index is 1.77. The Morgan fingerprint density at radius 2 is 2.00 bits per heavy atom. The molecule has 1 saturated heterocycles. The van der Waals surface area contributed by atoms with Crippen molar-refractivity contribution in [2.75, 3.05) is 31.2 Å². The van der Waals surface area contributed by atoms with E-state index in [2.05, 4.69) is 17.9 Å². The molecule has 1 aromatic carbocycles. The normalized spacial score (nSPS) is 27.2. The van der Waals surface area contributed by atoms with Gasteiger partial charge in [-0.25, -0.2) is 14.4 Å². The van der Waals surface area contributed by atoms with Gasteiger partial charge in [-0.1, -0.05) is 32.1 Å². The molecule has 2 aromatic rings. The van der Waals surface area contributed by atoms with Crippen LogP contribution in [0.1, 0.15) is 31.5 Å². The van der Waals surface area contributed by atoms with E-state index >= 15 is 0 Å². The molecular weight excluding hydrogens is 407 g/mol. The first-order valence-corrected chi connectivity index (χ1v) is 11.1. The minimum atomic E-state index is -0.601. The van der Waals surface area contributed by atoms with E-state index in [-0.39, 0.29) is 29.0 Å². The maximum atomic E-state index is 14.9. The maximum Gasteiger partial charge on any atom is 0.226 e. The number of nitriles is 1. The number of rotatable bonds is 2. The summed E-state index contributed by atoms with van der Waals surface area (Å²) in [5.41, 5.74) is 2.34. The van der Waals surface area contributed by atoms with Crippen LogP contribution in [0.3, 0.4) is 0 Å². The van der Waals surface area contributed by atoms with Gasteiger partial charge in [-0.05, 0) is 30.9 Å². The van der Waals surface area contributed by atoms with E-state index in [1.165, 1.54) is 6.07 Å². The predicted octanol–water partition coefficient (Wildman–Crippen LogP) is 3.61. The van der Waals surface area contributed by atoms with E-state index in [1.54, 1.807) is 18.2 Å². The lowest BCUT2D eigenvalue weighted by Gasteiger charge is -2.46. The van der Waals surface area contributed by atoms with Crippen LogP contribution < -0.4 is 4.90 Å². The van der Waals surface area contributed by atoms with Crippen LogP contribution in [0.2, 0.25) is 0 Å². The summed E-state index contributed by atoms with van der Waals surface area (Å²) in [6, 6.07) is 8.76. The molecule has 0 saturated carbocycles. The zero-order chi connectivity index (χ0) is 22.5. The molecule has 2 heterocycles. The molecule has 3 atom stereocenters. The van der Waals surface area contributed by atoms with Crippen LogP contribution in [0.25, 0.3) is 11.3 Å². The lowest BCUT2D eigenvalue weighted by atomic mass is 9.57. The molecule has 3 aliphatic rings. The van der Waals surface area contributed by atoms with Crippen molar-refractivity contribution in [3.05, 3.63) is 53.0 Å². The van der Waals surface area contributed by atoms with Crippen LogP contribution in [0, 0.1) is 29.0 Å². The largest absolute Gasteiger partial charge is 0.378 e. The molecule has 2 aliphatic carbocycles. The molecule has 7 heteroatoms. The van der Waals surface area contributed by atoms with Gasteiger partial charge in [0.15, 0.2) is 5.78 Å². The number of hydrogen-bond donors (Lipinski definition) is 0. The standard InChI is InChI=1S/C25H25FN4O2/c1-15-19-8-7-18-21(17-5-3-4-6-20(17)26)28-24(30-9-11-32-12-10-30)29-23(18)25(19,2)13-16(14-27)22(15)31/h3-6,13,15,19H,7-12H2,1-2H3/t15-,19-,25-/m1/s1. The molecule has 32 heavy (non-hydrogen) atoms. The first-order valence-electron chi connectivity index (χ1n) is 11.1. The number of aromatic nitrogens is 2. The van der Waals surface area contributed by atoms with E-state index in [0.717, 1.165) is 17.7 Å². The molecular formula is C25H25FN4O2. The van der Waals surface area contributed by atoms with Crippen LogP contribution in [-0.2, 0) is 21.4 Å². The molecule has 0 amide bonds. The second-order valence-corrected chi connectivity index (χ2v) is 9.03. The summed E-state index contributed by atoms with van der Waals surface area (Å²) in [5.74, 6) is -0.125. The summed E-state index contributed by atoms with van der Waals surface area (Å²) in [6.45, 7) is 6.44. The lowest BCUT2D eigenvalue weighted by Crippen LogP contribution is -2.46. The highest BCUT2D eigenvalue weighted by Crippen LogP contribution is 2.51. The topological polar surface area (TPSA) is 79.1 Å². The van der Waals surface area contributed by atoms with Gasteiger partial charge in [0.05, 0.1) is 30.2 Å². The average Bonchev–Trinajstić information content (AvgIpc) is 2.82. The Labute approximate surface area is 186 Å². The SMILES string of the molecule is C[C@H]1C(=O)C(C#N)=C[C@@]2(C)c3nc(N4CCOCC4)nc(-c4ccccc4F)c3CC[C@H]12. The van der Waals surface area contributed by atoms with E-state index in [4.69, 9.17) is 14.7 Å². The number of hydrogen-bond acceptors (Lipinski definition) is 6. The number of fused-ring (bicyclic) bond motifs is 3. The highest BCUT2D eigenvalue weighted by atomic mass is 19.1. The Morgan fingerprint density at radius 3 is 2.72 bits per heavy atom. The third-order valence-corrected chi connectivity index (χ3v) is 7.25. The number of benzene rings is 1. The molecule has 1 aromatic heterocycles. The van der Waals surface area contributed by atoms with Gasteiger partial charge in [0, 0.05) is 35.5 Å². The smallest absolute Gasteiger partial charge is 0.226 e. The number of carbonyl (C=O) groups is 1. The first-order chi connectivity index (χ1) is 15.4. The van der Waals surface area contributed by atoms with Gasteiger partial charge in [0.2, 0.25) is 5.95 Å². The molecule has 5 rings (SSSR count). The van der Waals surface area contributed by atoms with E-state index < -0.39 is 5.41 Å². The van der Waals surface area contributed by atoms with Gasteiger partial charge in [-0.3, -0.25) is 4.79 Å². The summed E-state index contributed by atoms with van der Waals surface area (Å²) >= 11 is 0. The number of allylic oxidation sites excluding steroid dienone is 2. The molecule has 1 fully saturated rings. The van der Waals surface area contributed by atoms with Gasteiger partial charge in [-0.2, -0.15) is 5.26 Å². The third-order valence-electron chi connectivity index (χ3n) is 7.25. The number of nitrogens with zero attached hydrogens (tertiary/aromatic N) is 4. The van der Waals surface area contributed by atoms with E-state index in [1.807, 2.05) is 13.0 Å². The van der Waals surface area contributed by atoms with Crippen LogP contribution in [0.5, 0.6) is 0 Å². The summed E-state index contributed by atoms with van der Waals surface area (Å²) in [7, 11) is 0. The number of ketones is 1. The molecule has 0 radical (unpaired) electrons. The molecule has 0 unspecified atom stereocenters. The summed E-state index contributed by atoms with van der Waals surface area (Å²) < 4.78 is 20.4. The summed E-state index contributed by atoms with van der Waals surface area (Å²) in [6.07, 6.45) is 3.21. The van der Waals surface area contributed by atoms with Crippen molar-refractivity contribution in [3.8, 4) is 17.3 Å². The first kappa shape index (κ1) is 20.8. The van der Waals surface area contributed by atoms with Crippen molar-refractivity contribution in [3.63, 3.8) is 0 Å². The van der Waals surface area contributed by atoms with Gasteiger partial charge in [-0.15, -0.1) is 0 Å². The number of carbonyl (C=O) groups excluding carboxylic acids is 1. The fraction of sp³-hybridized carbons (Fsp3) is 0.440. The van der Waals surface area contributed by atoms with E-state index in [0.29, 0.717) is 49.9 Å². The quantitative estimate of drug-likeness (QED) is 0.721. The lowest BCUT2D eigenvalue weighted by molar-refractivity contribution is -0.121. The van der Waals surface area contributed by atoms with E-state index in [9.17, 15) is 14.4 Å². The molecule has 164 valence electrons. The number of Topliss-reactive ketones (excluding diaryl/α,β-unsaturated/α-hetero) is 1. The monoisotopic (exact) mass is 432 g/mol. The fourth-order valence-corrected chi connectivity index (χ4v) is 5.54. The Kier molecular flexibility index (Phi) is 5.06. The van der Waals surface area contributed by atoms with Gasteiger partial charge >= 0.3 is 0 Å². The zero-order valence-electron chi connectivity index (χ0n) is 18.3. The van der Waals surface area contributed by atoms with Gasteiger partial charge < -0.3 is 9.64 Å². The van der Waals surface area contributed by atoms with Crippen molar-refractivity contribution < 1.29 is 13.9 Å². The molecule has 6 nitrogen and oxygen atoms in total. The second-order valence-electron chi connectivity index (χ2n) is 9.03. The highest BCUT2D eigenvalue weighted by molar-refractivity contribution is 6.02. The van der Waals surface area contributed by atoms with Crippen LogP contribution >= 0.6 is 0 Å². The number of ether oxygens (including phenoxy) is 1. The fourth-order valence-electron chi connectivity index (χ4n) is 5.54. The summed E-state index contributed by atoms with van der Waals surface area (Å²) in [4.78, 5) is 24.6. The van der Waals surface area contributed by atoms with Crippen LogP contribution in [-0.4, -0.2) is 42.1 Å². The van der Waals surface area contributed by atoms with Gasteiger partial charge in [0.25, 0.3) is 0 Å². The Hall–Kier alpha value is -3.11. The predicted molar refractivity (Wildman–Crippen MR) is 117 cm³/mol. The minimum absolute atomic E-state index is 0.0282. The zero-order valence-corrected chi connectivity index (χ0v) is 18.3. The van der Waals surface area contributed by atoms with Crippen LogP contribution in [0.15, 0.2) is 35.9 Å². The summed E-state index contributed by atoms with van der Waals surface area (Å²) in [5, 5.41) is 9.62. The van der Waals surface area contributed by atoms with Crippen molar-refractivity contribution in [1.82, 2.24) is 9.97 Å². The van der Waals surface area contributed by atoms with Crippen molar-refractivity contribution in [1.29, 1.82) is 5.26 Å². The molecule has 0 spiro atoms. The maximum absolute atomic E-state index is 14.9. The number of anilines is 1. The van der Waals surface area contributed by atoms with Crippen molar-refractivity contribution in [2.24, 2.45) is 11.8 Å². The Bertz CT molecular complexity index is 1170. The second kappa shape index (κ2) is 7.79. The third kappa shape index (κ3) is 3.13. The van der Waals surface area contributed by atoms with Gasteiger partial charge in [0.1, 0.15) is 11.9 Å². The number of morpholine rings is 1. The minimum Gasteiger partial charge on any atom is -0.378 e. The molecule has 0 bridgehead atoms.